The summed E-state index contributed by atoms with van der Waals surface area (Å²) in [5, 5.41) is 7.17. The van der Waals surface area contributed by atoms with Gasteiger partial charge in [0.2, 0.25) is 0 Å². The summed E-state index contributed by atoms with van der Waals surface area (Å²) >= 11 is 11.2. The van der Waals surface area contributed by atoms with Crippen molar-refractivity contribution in [3.05, 3.63) is 41.2 Å². The number of rotatable bonds is 2. The molecular formula is C9H5Cl2N3O. The highest BCUT2D eigenvalue weighted by Crippen LogP contribution is 2.21. The van der Waals surface area contributed by atoms with Gasteiger partial charge in [0.15, 0.2) is 0 Å². The molecule has 0 aliphatic heterocycles. The Hall–Kier alpha value is -1.39. The molecule has 0 unspecified atom stereocenters. The molecule has 0 amide bonds. The Labute approximate surface area is 95.4 Å². The molecule has 0 radical (unpaired) electrons. The van der Waals surface area contributed by atoms with Crippen LogP contribution < -0.4 is 0 Å². The third-order valence-electron chi connectivity index (χ3n) is 1.85. The van der Waals surface area contributed by atoms with Crippen molar-refractivity contribution in [3.63, 3.8) is 0 Å². The molecule has 6 heteroatoms. The number of nitrogens with zero attached hydrogens (tertiary/aromatic N) is 3. The topological polar surface area (TPSA) is 47.8 Å². The molecule has 0 saturated heterocycles. The van der Waals surface area contributed by atoms with E-state index in [2.05, 4.69) is 10.3 Å². The van der Waals surface area contributed by atoms with E-state index in [1.54, 1.807) is 30.6 Å². The first-order valence-electron chi connectivity index (χ1n) is 4.04. The van der Waals surface area contributed by atoms with E-state index in [4.69, 9.17) is 23.2 Å². The van der Waals surface area contributed by atoms with Crippen molar-refractivity contribution >= 4 is 28.4 Å². The van der Waals surface area contributed by atoms with Crippen LogP contribution in [-0.4, -0.2) is 20.2 Å². The minimum absolute atomic E-state index is 0.280. The van der Waals surface area contributed by atoms with E-state index in [9.17, 15) is 4.79 Å². The Kier molecular flexibility index (Phi) is 2.70. The third kappa shape index (κ3) is 2.00. The molecule has 2 aromatic rings. The summed E-state index contributed by atoms with van der Waals surface area (Å²) in [6.07, 6.45) is 3.22. The number of aromatic nitrogens is 3. The predicted octanol–water partition coefficient (Wildman–Crippen LogP) is 2.30. The maximum Gasteiger partial charge on any atom is 0.253 e. The van der Waals surface area contributed by atoms with E-state index in [-0.39, 0.29) is 5.56 Å². The van der Waals surface area contributed by atoms with E-state index in [0.29, 0.717) is 5.02 Å². The van der Waals surface area contributed by atoms with Crippen LogP contribution in [0.2, 0.25) is 5.02 Å². The lowest BCUT2D eigenvalue weighted by Crippen LogP contribution is -1.97. The van der Waals surface area contributed by atoms with E-state index in [1.165, 1.54) is 4.68 Å². The van der Waals surface area contributed by atoms with Gasteiger partial charge in [-0.2, -0.15) is 0 Å². The lowest BCUT2D eigenvalue weighted by molar-refractivity contribution is 0.108. The molecule has 2 rings (SSSR count). The smallest absolute Gasteiger partial charge is 0.253 e. The van der Waals surface area contributed by atoms with Gasteiger partial charge in [-0.25, -0.2) is 4.68 Å². The molecule has 0 fully saturated rings. The monoisotopic (exact) mass is 241 g/mol. The van der Waals surface area contributed by atoms with Gasteiger partial charge < -0.3 is 0 Å². The zero-order chi connectivity index (χ0) is 10.8. The highest BCUT2D eigenvalue weighted by molar-refractivity contribution is 6.68. The van der Waals surface area contributed by atoms with Gasteiger partial charge >= 0.3 is 0 Å². The zero-order valence-corrected chi connectivity index (χ0v) is 8.90. The van der Waals surface area contributed by atoms with Crippen LogP contribution in [0.3, 0.4) is 0 Å². The van der Waals surface area contributed by atoms with E-state index < -0.39 is 5.24 Å². The molecule has 0 atom stereocenters. The quantitative estimate of drug-likeness (QED) is 0.759. The van der Waals surface area contributed by atoms with Gasteiger partial charge in [0.05, 0.1) is 28.7 Å². The number of hydrogen-bond donors (Lipinski definition) is 0. The minimum Gasteiger partial charge on any atom is -0.276 e. The SMILES string of the molecule is O=C(Cl)c1ccc(-n2ccnn2)cc1Cl. The summed E-state index contributed by atoms with van der Waals surface area (Å²) in [5.41, 5.74) is 1.00. The molecular weight excluding hydrogens is 237 g/mol. The van der Waals surface area contributed by atoms with Gasteiger partial charge in [-0.15, -0.1) is 5.10 Å². The van der Waals surface area contributed by atoms with E-state index >= 15 is 0 Å². The number of halogens is 2. The van der Waals surface area contributed by atoms with Crippen molar-refractivity contribution in [2.45, 2.75) is 0 Å². The van der Waals surface area contributed by atoms with Crippen LogP contribution in [-0.2, 0) is 0 Å². The van der Waals surface area contributed by atoms with Crippen LogP contribution >= 0.6 is 23.2 Å². The Morgan fingerprint density at radius 3 is 2.73 bits per heavy atom. The molecule has 0 aliphatic carbocycles. The van der Waals surface area contributed by atoms with Crippen molar-refractivity contribution in [2.24, 2.45) is 0 Å². The van der Waals surface area contributed by atoms with Gasteiger partial charge in [0.1, 0.15) is 0 Å². The maximum atomic E-state index is 10.9. The van der Waals surface area contributed by atoms with Gasteiger partial charge in [-0.1, -0.05) is 16.8 Å². The zero-order valence-electron chi connectivity index (χ0n) is 7.39. The van der Waals surface area contributed by atoms with Crippen LogP contribution in [0.1, 0.15) is 10.4 Å². The minimum atomic E-state index is -0.579. The van der Waals surface area contributed by atoms with Crippen LogP contribution in [0, 0.1) is 0 Å². The van der Waals surface area contributed by atoms with Crippen molar-refractivity contribution in [2.75, 3.05) is 0 Å². The first-order chi connectivity index (χ1) is 7.18. The molecule has 1 aromatic carbocycles. The fourth-order valence-corrected chi connectivity index (χ4v) is 1.63. The Morgan fingerprint density at radius 1 is 1.40 bits per heavy atom. The van der Waals surface area contributed by atoms with Gasteiger partial charge in [-0.05, 0) is 29.8 Å². The first kappa shape index (κ1) is 10.1. The molecule has 0 spiro atoms. The number of carbonyl (C=O) groups excluding carboxylic acids is 1. The fraction of sp³-hybridized carbons (Fsp3) is 0. The Morgan fingerprint density at radius 2 is 2.20 bits per heavy atom. The molecule has 0 saturated carbocycles. The van der Waals surface area contributed by atoms with Crippen molar-refractivity contribution in [1.29, 1.82) is 0 Å². The Bertz CT molecular complexity index is 496. The third-order valence-corrected chi connectivity index (χ3v) is 2.37. The number of hydrogen-bond acceptors (Lipinski definition) is 3. The standard InChI is InChI=1S/C9H5Cl2N3O/c10-8-5-6(14-4-3-12-13-14)1-2-7(8)9(11)15/h1-5H. The average molecular weight is 242 g/mol. The normalized spacial score (nSPS) is 10.3. The van der Waals surface area contributed by atoms with E-state index in [1.807, 2.05) is 0 Å². The largest absolute Gasteiger partial charge is 0.276 e. The van der Waals surface area contributed by atoms with Crippen molar-refractivity contribution in [3.8, 4) is 5.69 Å². The van der Waals surface area contributed by atoms with Crippen LogP contribution in [0.15, 0.2) is 30.6 Å². The molecule has 4 nitrogen and oxygen atoms in total. The summed E-state index contributed by atoms with van der Waals surface area (Å²) in [7, 11) is 0. The average Bonchev–Trinajstić information content (AvgIpc) is 2.69. The molecule has 1 aromatic heterocycles. The lowest BCUT2D eigenvalue weighted by Gasteiger charge is -2.02. The molecule has 0 N–H and O–H groups in total. The Balaban J connectivity index is 2.47. The van der Waals surface area contributed by atoms with Crippen LogP contribution in [0.5, 0.6) is 0 Å². The summed E-state index contributed by atoms with van der Waals surface area (Å²) in [5.74, 6) is 0. The second-order valence-electron chi connectivity index (χ2n) is 2.79. The summed E-state index contributed by atoms with van der Waals surface area (Å²) < 4.78 is 1.54. The van der Waals surface area contributed by atoms with Crippen molar-refractivity contribution < 1.29 is 4.79 Å². The molecule has 1 heterocycles. The fourth-order valence-electron chi connectivity index (χ4n) is 1.15. The summed E-state index contributed by atoms with van der Waals surface area (Å²) in [4.78, 5) is 10.9. The predicted molar refractivity (Wildman–Crippen MR) is 56.6 cm³/mol. The lowest BCUT2D eigenvalue weighted by atomic mass is 10.2. The van der Waals surface area contributed by atoms with Crippen LogP contribution in [0.4, 0.5) is 0 Å². The molecule has 76 valence electrons. The summed E-state index contributed by atoms with van der Waals surface area (Å²) in [6.45, 7) is 0. The van der Waals surface area contributed by atoms with Gasteiger partial charge in [0.25, 0.3) is 5.24 Å². The highest BCUT2D eigenvalue weighted by atomic mass is 35.5. The second kappa shape index (κ2) is 4.00. The maximum absolute atomic E-state index is 10.9. The summed E-state index contributed by atoms with van der Waals surface area (Å²) in [6, 6.07) is 4.84. The number of benzene rings is 1. The van der Waals surface area contributed by atoms with Gasteiger partial charge in [-0.3, -0.25) is 4.79 Å². The van der Waals surface area contributed by atoms with Gasteiger partial charge in [0, 0.05) is 0 Å². The molecule has 0 bridgehead atoms. The molecule has 15 heavy (non-hydrogen) atoms. The van der Waals surface area contributed by atoms with E-state index in [0.717, 1.165) is 5.69 Å². The van der Waals surface area contributed by atoms with Crippen molar-refractivity contribution in [1.82, 2.24) is 15.0 Å². The second-order valence-corrected chi connectivity index (χ2v) is 3.54. The molecule has 0 aliphatic rings. The number of carbonyl (C=O) groups is 1. The first-order valence-corrected chi connectivity index (χ1v) is 4.80. The van der Waals surface area contributed by atoms with Crippen LogP contribution in [0.25, 0.3) is 5.69 Å². The highest BCUT2D eigenvalue weighted by Gasteiger charge is 2.08.